The van der Waals surface area contributed by atoms with Crippen molar-refractivity contribution in [3.63, 3.8) is 0 Å². The smallest absolute Gasteiger partial charge is 0.333 e. The van der Waals surface area contributed by atoms with Gasteiger partial charge in [0.15, 0.2) is 0 Å². The third-order valence-corrected chi connectivity index (χ3v) is 4.98. The molecule has 6 nitrogen and oxygen atoms in total. The van der Waals surface area contributed by atoms with E-state index in [0.717, 1.165) is 28.7 Å². The van der Waals surface area contributed by atoms with Crippen LogP contribution < -0.4 is 9.47 Å². The maximum atomic E-state index is 11.2. The number of ether oxygens (including phenoxy) is 5. The first-order valence-electron chi connectivity index (χ1n) is 11.4. The molecule has 0 saturated heterocycles. The molecule has 3 aromatic rings. The minimum absolute atomic E-state index is 0.205. The van der Waals surface area contributed by atoms with Crippen LogP contribution in [-0.4, -0.2) is 52.2 Å². The summed E-state index contributed by atoms with van der Waals surface area (Å²) in [5.41, 5.74) is 1.64. The fourth-order valence-corrected chi connectivity index (χ4v) is 3.23. The lowest BCUT2D eigenvalue weighted by Gasteiger charge is -2.12. The summed E-state index contributed by atoms with van der Waals surface area (Å²) in [6.45, 7) is 8.05. The van der Waals surface area contributed by atoms with Crippen LogP contribution >= 0.6 is 0 Å². The van der Waals surface area contributed by atoms with Crippen LogP contribution in [0.2, 0.25) is 0 Å². The van der Waals surface area contributed by atoms with Gasteiger partial charge in [0.25, 0.3) is 0 Å². The molecule has 0 fully saturated rings. The van der Waals surface area contributed by atoms with Gasteiger partial charge in [0.2, 0.25) is 0 Å². The number of fused-ring (bicyclic) bond motifs is 1. The molecule has 6 heteroatoms. The van der Waals surface area contributed by atoms with Crippen molar-refractivity contribution in [1.29, 1.82) is 0 Å². The van der Waals surface area contributed by atoms with Gasteiger partial charge in [-0.05, 0) is 42.1 Å². The van der Waals surface area contributed by atoms with Crippen LogP contribution in [0.3, 0.4) is 0 Å². The second kappa shape index (κ2) is 14.0. The highest BCUT2D eigenvalue weighted by molar-refractivity contribution is 5.89. The van der Waals surface area contributed by atoms with Gasteiger partial charge in [-0.1, -0.05) is 49.0 Å². The first-order valence-corrected chi connectivity index (χ1v) is 11.4. The highest BCUT2D eigenvalue weighted by Gasteiger charge is 2.05. The van der Waals surface area contributed by atoms with E-state index in [1.54, 1.807) is 6.92 Å². The molecule has 0 N–H and O–H groups in total. The molecule has 0 aliphatic carbocycles. The molecule has 0 radical (unpaired) electrons. The van der Waals surface area contributed by atoms with Gasteiger partial charge in [-0.2, -0.15) is 0 Å². The summed E-state index contributed by atoms with van der Waals surface area (Å²) < 4.78 is 27.7. The SMILES string of the molecule is C=C(C)C(=O)OCCOCCOCCOc1ccc2c(OCCc3ccccc3)cccc2c1. The van der Waals surface area contributed by atoms with Gasteiger partial charge in [0.1, 0.15) is 24.7 Å². The second-order valence-electron chi connectivity index (χ2n) is 7.71. The van der Waals surface area contributed by atoms with E-state index in [1.807, 2.05) is 54.6 Å². The van der Waals surface area contributed by atoms with E-state index in [1.165, 1.54) is 5.56 Å². The Bertz CT molecular complexity index is 1050. The fourth-order valence-electron chi connectivity index (χ4n) is 3.23. The molecular formula is C28H32O6. The quantitative estimate of drug-likeness (QED) is 0.179. The van der Waals surface area contributed by atoms with E-state index in [0.29, 0.717) is 45.2 Å². The number of hydrogen-bond acceptors (Lipinski definition) is 6. The Kier molecular flexibility index (Phi) is 10.4. The van der Waals surface area contributed by atoms with Crippen molar-refractivity contribution in [1.82, 2.24) is 0 Å². The summed E-state index contributed by atoms with van der Waals surface area (Å²) in [7, 11) is 0. The van der Waals surface area contributed by atoms with Crippen molar-refractivity contribution >= 4 is 16.7 Å². The zero-order valence-electron chi connectivity index (χ0n) is 19.7. The summed E-state index contributed by atoms with van der Waals surface area (Å²) >= 11 is 0. The van der Waals surface area contributed by atoms with Gasteiger partial charge < -0.3 is 23.7 Å². The zero-order chi connectivity index (χ0) is 24.0. The number of rotatable bonds is 15. The topological polar surface area (TPSA) is 63.2 Å². The molecule has 0 aliphatic rings. The van der Waals surface area contributed by atoms with Crippen LogP contribution in [0.5, 0.6) is 11.5 Å². The lowest BCUT2D eigenvalue weighted by Crippen LogP contribution is -2.14. The number of hydrogen-bond donors (Lipinski definition) is 0. The Labute approximate surface area is 201 Å². The highest BCUT2D eigenvalue weighted by Crippen LogP contribution is 2.29. The third kappa shape index (κ3) is 8.54. The van der Waals surface area contributed by atoms with Crippen LogP contribution in [0.4, 0.5) is 0 Å². The minimum atomic E-state index is -0.405. The second-order valence-corrected chi connectivity index (χ2v) is 7.71. The predicted molar refractivity (Wildman–Crippen MR) is 132 cm³/mol. The third-order valence-electron chi connectivity index (χ3n) is 4.98. The maximum Gasteiger partial charge on any atom is 0.333 e. The maximum absolute atomic E-state index is 11.2. The van der Waals surface area contributed by atoms with Crippen LogP contribution in [0.25, 0.3) is 10.8 Å². The molecule has 0 amide bonds. The van der Waals surface area contributed by atoms with E-state index < -0.39 is 5.97 Å². The van der Waals surface area contributed by atoms with Crippen molar-refractivity contribution in [2.75, 3.05) is 46.2 Å². The van der Waals surface area contributed by atoms with Crippen LogP contribution in [0, 0.1) is 0 Å². The van der Waals surface area contributed by atoms with Gasteiger partial charge >= 0.3 is 5.97 Å². The van der Waals surface area contributed by atoms with Crippen LogP contribution in [-0.2, 0) is 25.4 Å². The molecule has 34 heavy (non-hydrogen) atoms. The van der Waals surface area contributed by atoms with E-state index >= 15 is 0 Å². The molecule has 3 rings (SSSR count). The summed E-state index contributed by atoms with van der Waals surface area (Å²) in [6.07, 6.45) is 0.867. The monoisotopic (exact) mass is 464 g/mol. The van der Waals surface area contributed by atoms with Gasteiger partial charge in [-0.15, -0.1) is 0 Å². The van der Waals surface area contributed by atoms with Gasteiger partial charge in [0, 0.05) is 17.4 Å². The molecule has 0 bridgehead atoms. The van der Waals surface area contributed by atoms with Crippen molar-refractivity contribution in [3.8, 4) is 11.5 Å². The van der Waals surface area contributed by atoms with E-state index in [9.17, 15) is 4.79 Å². The van der Waals surface area contributed by atoms with Crippen LogP contribution in [0.1, 0.15) is 12.5 Å². The Morgan fingerprint density at radius 1 is 0.765 bits per heavy atom. The lowest BCUT2D eigenvalue weighted by molar-refractivity contribution is -0.140. The van der Waals surface area contributed by atoms with Crippen LogP contribution in [0.15, 0.2) is 78.9 Å². The van der Waals surface area contributed by atoms with E-state index in [4.69, 9.17) is 23.7 Å². The summed E-state index contributed by atoms with van der Waals surface area (Å²) in [6, 6.07) is 22.3. The lowest BCUT2D eigenvalue weighted by atomic mass is 10.1. The molecule has 0 saturated carbocycles. The Morgan fingerprint density at radius 2 is 1.50 bits per heavy atom. The van der Waals surface area contributed by atoms with Crippen molar-refractivity contribution in [2.24, 2.45) is 0 Å². The molecule has 0 aromatic heterocycles. The standard InChI is InChI=1S/C28H32O6/c1-22(2)28(29)34-20-18-31-16-15-30-17-19-32-25-11-12-26-24(21-25)9-6-10-27(26)33-14-13-23-7-4-3-5-8-23/h3-12,21H,1,13-20H2,2H3. The molecular weight excluding hydrogens is 432 g/mol. The Morgan fingerprint density at radius 3 is 2.26 bits per heavy atom. The molecule has 0 atom stereocenters. The highest BCUT2D eigenvalue weighted by atomic mass is 16.6. The van der Waals surface area contributed by atoms with E-state index in [2.05, 4.69) is 18.7 Å². The zero-order valence-corrected chi connectivity index (χ0v) is 19.7. The average molecular weight is 465 g/mol. The number of esters is 1. The molecule has 0 spiro atoms. The van der Waals surface area contributed by atoms with Gasteiger partial charge in [0.05, 0.1) is 33.0 Å². The largest absolute Gasteiger partial charge is 0.493 e. The van der Waals surface area contributed by atoms with Gasteiger partial charge in [-0.3, -0.25) is 0 Å². The Hall–Kier alpha value is -3.35. The molecule has 0 unspecified atom stereocenters. The van der Waals surface area contributed by atoms with Crippen molar-refractivity contribution in [2.45, 2.75) is 13.3 Å². The van der Waals surface area contributed by atoms with Crippen molar-refractivity contribution in [3.05, 3.63) is 84.4 Å². The summed E-state index contributed by atoms with van der Waals surface area (Å²) in [4.78, 5) is 11.2. The summed E-state index contributed by atoms with van der Waals surface area (Å²) in [5.74, 6) is 1.25. The predicted octanol–water partition coefficient (Wildman–Crippen LogP) is 4.99. The molecule has 0 heterocycles. The number of benzene rings is 3. The fraction of sp³-hybridized carbons (Fsp3) is 0.321. The average Bonchev–Trinajstić information content (AvgIpc) is 2.85. The molecule has 180 valence electrons. The first-order chi connectivity index (χ1) is 16.6. The molecule has 0 aliphatic heterocycles. The number of carbonyl (C=O) groups excluding carboxylic acids is 1. The first kappa shape index (κ1) is 25.3. The normalized spacial score (nSPS) is 10.7. The van der Waals surface area contributed by atoms with E-state index in [-0.39, 0.29) is 6.61 Å². The van der Waals surface area contributed by atoms with Gasteiger partial charge in [-0.25, -0.2) is 4.79 Å². The van der Waals surface area contributed by atoms with Crippen molar-refractivity contribution < 1.29 is 28.5 Å². The molecule has 3 aromatic carbocycles. The summed E-state index contributed by atoms with van der Waals surface area (Å²) in [5, 5.41) is 2.13. The number of carbonyl (C=O) groups is 1. The Balaban J connectivity index is 1.32. The minimum Gasteiger partial charge on any atom is -0.493 e.